The molecular weight excluding hydrogens is 264 g/mol. The highest BCUT2D eigenvalue weighted by atomic mass is 32.2. The molecular formula is C12H20N4O2S. The number of rotatable bonds is 7. The fourth-order valence-electron chi connectivity index (χ4n) is 1.59. The van der Waals surface area contributed by atoms with Crippen LogP contribution in [0, 0.1) is 0 Å². The van der Waals surface area contributed by atoms with E-state index in [-0.39, 0.29) is 11.9 Å². The third-order valence-corrected chi connectivity index (χ3v) is 3.53. The number of nitrogens with two attached hydrogens (primary N) is 1. The molecule has 1 aromatic rings. The van der Waals surface area contributed by atoms with E-state index in [4.69, 9.17) is 10.9 Å². The van der Waals surface area contributed by atoms with E-state index in [9.17, 15) is 4.21 Å². The van der Waals surface area contributed by atoms with Crippen molar-refractivity contribution in [2.24, 2.45) is 10.9 Å². The van der Waals surface area contributed by atoms with Gasteiger partial charge < -0.3 is 16.3 Å². The van der Waals surface area contributed by atoms with E-state index >= 15 is 0 Å². The van der Waals surface area contributed by atoms with Crippen LogP contribution in [-0.4, -0.2) is 38.3 Å². The van der Waals surface area contributed by atoms with Crippen molar-refractivity contribution >= 4 is 16.6 Å². The highest BCUT2D eigenvalue weighted by Gasteiger charge is 2.09. The van der Waals surface area contributed by atoms with Gasteiger partial charge in [-0.05, 0) is 25.0 Å². The molecule has 0 aliphatic heterocycles. The Kier molecular flexibility index (Phi) is 6.44. The minimum absolute atomic E-state index is 0.000264. The number of amidine groups is 1. The maximum atomic E-state index is 11.0. The van der Waals surface area contributed by atoms with Crippen LogP contribution < -0.4 is 11.1 Å². The topological polar surface area (TPSA) is 101 Å². The predicted molar refractivity (Wildman–Crippen MR) is 76.6 cm³/mol. The molecule has 6 nitrogen and oxygen atoms in total. The molecule has 0 aliphatic rings. The quantitative estimate of drug-likeness (QED) is 0.292. The van der Waals surface area contributed by atoms with E-state index in [1.807, 2.05) is 13.0 Å². The average molecular weight is 284 g/mol. The summed E-state index contributed by atoms with van der Waals surface area (Å²) < 4.78 is 11.0. The van der Waals surface area contributed by atoms with E-state index < -0.39 is 10.8 Å². The lowest BCUT2D eigenvalue weighted by atomic mass is 10.1. The first-order valence-corrected chi connectivity index (χ1v) is 7.72. The molecule has 0 aliphatic carbocycles. The van der Waals surface area contributed by atoms with Crippen molar-refractivity contribution in [2.75, 3.05) is 12.0 Å². The second-order valence-corrected chi connectivity index (χ2v) is 5.90. The lowest BCUT2D eigenvalue weighted by Crippen LogP contribution is -2.28. The van der Waals surface area contributed by atoms with Crippen LogP contribution in [0.5, 0.6) is 0 Å². The van der Waals surface area contributed by atoms with Crippen LogP contribution in [0.3, 0.4) is 0 Å². The maximum absolute atomic E-state index is 11.0. The van der Waals surface area contributed by atoms with Gasteiger partial charge in [-0.25, -0.2) is 0 Å². The van der Waals surface area contributed by atoms with Crippen LogP contribution in [-0.2, 0) is 17.3 Å². The molecule has 0 amide bonds. The molecule has 0 saturated heterocycles. The second-order valence-electron chi connectivity index (χ2n) is 4.34. The van der Waals surface area contributed by atoms with Crippen molar-refractivity contribution in [3.8, 4) is 0 Å². The summed E-state index contributed by atoms with van der Waals surface area (Å²) in [6.45, 7) is 2.60. The summed E-state index contributed by atoms with van der Waals surface area (Å²) >= 11 is 0. The first-order valence-electron chi connectivity index (χ1n) is 5.99. The van der Waals surface area contributed by atoms with Crippen molar-refractivity contribution in [3.63, 3.8) is 0 Å². The minimum Gasteiger partial charge on any atom is -0.409 e. The van der Waals surface area contributed by atoms with Gasteiger partial charge in [0.25, 0.3) is 0 Å². The molecule has 2 unspecified atom stereocenters. The highest BCUT2D eigenvalue weighted by Crippen LogP contribution is 2.06. The van der Waals surface area contributed by atoms with E-state index in [1.54, 1.807) is 18.5 Å². The van der Waals surface area contributed by atoms with Gasteiger partial charge in [-0.3, -0.25) is 9.19 Å². The normalized spacial score (nSPS) is 15.2. The largest absolute Gasteiger partial charge is 0.409 e. The molecule has 0 radical (unpaired) electrons. The van der Waals surface area contributed by atoms with E-state index in [2.05, 4.69) is 15.5 Å². The van der Waals surface area contributed by atoms with Gasteiger partial charge in [0.2, 0.25) is 0 Å². The van der Waals surface area contributed by atoms with Gasteiger partial charge in [0, 0.05) is 41.6 Å². The number of pyridine rings is 1. The molecule has 1 aromatic heterocycles. The molecule has 2 atom stereocenters. The standard InChI is InChI=1S/C12H20N4O2S/c1-9(5-7-19(2)18)15-8-10-4-3-6-14-11(10)12(13)16-17/h3-4,6,9,15,17H,5,7-8H2,1-2H3,(H2,13,16). The van der Waals surface area contributed by atoms with Crippen molar-refractivity contribution in [1.82, 2.24) is 10.3 Å². The van der Waals surface area contributed by atoms with Crippen LogP contribution in [0.1, 0.15) is 24.6 Å². The average Bonchev–Trinajstić information content (AvgIpc) is 2.42. The summed E-state index contributed by atoms with van der Waals surface area (Å²) in [6, 6.07) is 3.92. The zero-order valence-electron chi connectivity index (χ0n) is 11.2. The van der Waals surface area contributed by atoms with Gasteiger partial charge in [-0.2, -0.15) is 0 Å². The molecule has 0 spiro atoms. The van der Waals surface area contributed by atoms with Crippen LogP contribution in [0.25, 0.3) is 0 Å². The van der Waals surface area contributed by atoms with Crippen molar-refractivity contribution < 1.29 is 9.42 Å². The van der Waals surface area contributed by atoms with E-state index in [0.717, 1.165) is 12.0 Å². The van der Waals surface area contributed by atoms with Crippen LogP contribution in [0.2, 0.25) is 0 Å². The Balaban J connectivity index is 2.60. The Bertz CT molecular complexity index is 465. The summed E-state index contributed by atoms with van der Waals surface area (Å²) in [5, 5.41) is 15.0. The summed E-state index contributed by atoms with van der Waals surface area (Å²) in [5.74, 6) is 0.675. The van der Waals surface area contributed by atoms with Crippen LogP contribution in [0.4, 0.5) is 0 Å². The molecule has 0 bridgehead atoms. The Morgan fingerprint density at radius 1 is 1.68 bits per heavy atom. The van der Waals surface area contributed by atoms with Crippen molar-refractivity contribution in [1.29, 1.82) is 0 Å². The van der Waals surface area contributed by atoms with E-state index in [0.29, 0.717) is 18.0 Å². The third-order valence-electron chi connectivity index (χ3n) is 2.72. The third kappa shape index (κ3) is 5.35. The molecule has 1 heterocycles. The van der Waals surface area contributed by atoms with Gasteiger partial charge in [0.1, 0.15) is 5.69 Å². The van der Waals surface area contributed by atoms with E-state index in [1.165, 1.54) is 0 Å². The summed E-state index contributed by atoms with van der Waals surface area (Å²) in [5.41, 5.74) is 6.91. The smallest absolute Gasteiger partial charge is 0.189 e. The lowest BCUT2D eigenvalue weighted by molar-refractivity contribution is 0.318. The van der Waals surface area contributed by atoms with Crippen molar-refractivity contribution in [2.45, 2.75) is 25.9 Å². The van der Waals surface area contributed by atoms with Crippen molar-refractivity contribution in [3.05, 3.63) is 29.6 Å². The van der Waals surface area contributed by atoms with Gasteiger partial charge in [-0.15, -0.1) is 0 Å². The summed E-state index contributed by atoms with van der Waals surface area (Å²) in [4.78, 5) is 4.10. The fraction of sp³-hybridized carbons (Fsp3) is 0.500. The molecule has 7 heteroatoms. The minimum atomic E-state index is -0.772. The predicted octanol–water partition coefficient (Wildman–Crippen LogP) is 0.423. The first-order chi connectivity index (χ1) is 9.04. The number of hydrogen-bond acceptors (Lipinski definition) is 5. The zero-order chi connectivity index (χ0) is 14.3. The first kappa shape index (κ1) is 15.6. The Morgan fingerprint density at radius 2 is 2.42 bits per heavy atom. The number of nitrogens with one attached hydrogen (secondary N) is 1. The number of aromatic nitrogens is 1. The highest BCUT2D eigenvalue weighted by molar-refractivity contribution is 7.84. The fourth-order valence-corrected chi connectivity index (χ4v) is 2.27. The number of oxime groups is 1. The SMILES string of the molecule is CC(CCS(C)=O)NCc1cccnc1/C(N)=N/O. The van der Waals surface area contributed by atoms with Gasteiger partial charge in [0.15, 0.2) is 5.84 Å². The van der Waals surface area contributed by atoms with Gasteiger partial charge in [0.05, 0.1) is 0 Å². The number of hydrogen-bond donors (Lipinski definition) is 3. The lowest BCUT2D eigenvalue weighted by Gasteiger charge is -2.14. The zero-order valence-corrected chi connectivity index (χ0v) is 12.0. The second kappa shape index (κ2) is 7.85. The molecule has 0 saturated carbocycles. The molecule has 1 rings (SSSR count). The van der Waals surface area contributed by atoms with Gasteiger partial charge in [-0.1, -0.05) is 11.2 Å². The van der Waals surface area contributed by atoms with Crippen LogP contribution >= 0.6 is 0 Å². The summed E-state index contributed by atoms with van der Waals surface area (Å²) in [7, 11) is -0.772. The maximum Gasteiger partial charge on any atom is 0.189 e. The molecule has 106 valence electrons. The monoisotopic (exact) mass is 284 g/mol. The van der Waals surface area contributed by atoms with Crippen LogP contribution in [0.15, 0.2) is 23.5 Å². The van der Waals surface area contributed by atoms with Gasteiger partial charge >= 0.3 is 0 Å². The molecule has 0 fully saturated rings. The molecule has 19 heavy (non-hydrogen) atoms. The number of nitrogens with zero attached hydrogens (tertiary/aromatic N) is 2. The molecule has 4 N–H and O–H groups in total. The Morgan fingerprint density at radius 3 is 3.05 bits per heavy atom. The summed E-state index contributed by atoms with van der Waals surface area (Å²) in [6.07, 6.45) is 4.13. The molecule has 0 aromatic carbocycles. The Hall–Kier alpha value is -1.47. The Labute approximate surface area is 115 Å².